The van der Waals surface area contributed by atoms with Gasteiger partial charge in [0.2, 0.25) is 17.1 Å². The van der Waals surface area contributed by atoms with Crippen molar-refractivity contribution in [3.8, 4) is 0 Å². The normalized spacial score (nSPS) is 10.6. The van der Waals surface area contributed by atoms with Gasteiger partial charge in [0, 0.05) is 139 Å². The number of nitrogen functional groups attached to an aromatic ring is 3. The number of amides is 2. The fourth-order valence-electron chi connectivity index (χ4n) is 11.5. The Labute approximate surface area is 597 Å². The molecular formula is C82H66N18O4. The van der Waals surface area contributed by atoms with Crippen LogP contribution in [0.2, 0.25) is 0 Å². The third-order valence-corrected chi connectivity index (χ3v) is 16.7. The van der Waals surface area contributed by atoms with E-state index in [0.29, 0.717) is 90.2 Å². The first-order valence-electron chi connectivity index (χ1n) is 32.2. The molecule has 0 aliphatic heterocycles. The van der Waals surface area contributed by atoms with Crippen molar-refractivity contribution >= 4 is 117 Å². The Kier molecular flexibility index (Phi) is 22.4. The van der Waals surface area contributed by atoms with Gasteiger partial charge in [-0.25, -0.2) is 34.3 Å². The molecule has 0 bridgehead atoms. The Balaban J connectivity index is 0.000000146. The van der Waals surface area contributed by atoms with E-state index in [1.807, 2.05) is 140 Å². The number of hydrogen-bond donors (Lipinski definition) is 7. The van der Waals surface area contributed by atoms with Crippen molar-refractivity contribution < 1.29 is 19.5 Å². The molecule has 9 aromatic heterocycles. The monoisotopic (exact) mass is 1370 g/mol. The van der Waals surface area contributed by atoms with Crippen molar-refractivity contribution in [2.24, 2.45) is 5.73 Å². The molecule has 15 aromatic rings. The molecule has 508 valence electrons. The molecule has 104 heavy (non-hydrogen) atoms. The highest BCUT2D eigenvalue weighted by Gasteiger charge is 2.14. The summed E-state index contributed by atoms with van der Waals surface area (Å²) in [6.45, 7) is 22.7. The quantitative estimate of drug-likeness (QED) is 0.0497. The van der Waals surface area contributed by atoms with Gasteiger partial charge in [0.1, 0.15) is 17.5 Å². The summed E-state index contributed by atoms with van der Waals surface area (Å²) in [6.07, 6.45) is 16.2. The first-order chi connectivity index (χ1) is 50.1. The van der Waals surface area contributed by atoms with Crippen LogP contribution in [0.3, 0.4) is 0 Å². The van der Waals surface area contributed by atoms with E-state index in [2.05, 4.69) is 70.0 Å². The van der Waals surface area contributed by atoms with E-state index in [1.54, 1.807) is 86.0 Å². The lowest BCUT2D eigenvalue weighted by Crippen LogP contribution is -2.23. The molecule has 0 fully saturated rings. The number of rotatable bonds is 14. The second kappa shape index (κ2) is 32.9. The highest BCUT2D eigenvalue weighted by atomic mass is 16.4. The second-order valence-corrected chi connectivity index (χ2v) is 23.8. The zero-order valence-corrected chi connectivity index (χ0v) is 55.1. The summed E-state index contributed by atoms with van der Waals surface area (Å²) in [4.78, 5) is 84.9. The molecule has 11 N–H and O–H groups in total. The lowest BCUT2D eigenvalue weighted by Gasteiger charge is -2.09. The number of nitrogens with two attached hydrogens (primary N) is 4. The number of aromatic carboxylic acids is 1. The SMILES string of the molecule is C.NCc1ccc2c(N)nccc2c1.[C-]#[N+]c1cnc2ccc(Cc3cc(C(=O)NCc4ccc5c(N)nccc5c4)ccn3)cc2c1.[C-]#[N+]c1cnc2ccc(Cc3cc(C(=O)NCc4ccc5c(N)nccc5c4)ccn3)cc2c1.[C-]#[N+]c1cnc2ccc(Cc3cc(C(=O)O)ccn3)cc2c1. The molecule has 0 aliphatic rings. The number of pyridine rings is 9. The number of benzene rings is 6. The van der Waals surface area contributed by atoms with Crippen molar-refractivity contribution in [1.82, 2.24) is 55.5 Å². The number of anilines is 3. The lowest BCUT2D eigenvalue weighted by atomic mass is 10.0. The first-order valence-corrected chi connectivity index (χ1v) is 32.2. The molecule has 6 aromatic carbocycles. The molecule has 2 amide bonds. The van der Waals surface area contributed by atoms with Crippen LogP contribution in [0.1, 0.15) is 89.0 Å². The van der Waals surface area contributed by atoms with E-state index in [1.165, 1.54) is 12.3 Å². The van der Waals surface area contributed by atoms with Crippen LogP contribution in [0.4, 0.5) is 34.5 Å². The van der Waals surface area contributed by atoms with Crippen molar-refractivity contribution in [2.75, 3.05) is 17.2 Å². The molecule has 0 aliphatic carbocycles. The molecule has 15 rings (SSSR count). The van der Waals surface area contributed by atoms with Crippen LogP contribution in [-0.2, 0) is 38.9 Å². The van der Waals surface area contributed by atoms with Crippen LogP contribution in [0, 0.1) is 19.7 Å². The number of carboxylic acids is 1. The van der Waals surface area contributed by atoms with Gasteiger partial charge in [0.05, 0.1) is 41.8 Å². The molecule has 22 nitrogen and oxygen atoms in total. The van der Waals surface area contributed by atoms with Crippen LogP contribution in [-0.4, -0.2) is 67.7 Å². The van der Waals surface area contributed by atoms with E-state index < -0.39 is 5.97 Å². The van der Waals surface area contributed by atoms with Crippen molar-refractivity contribution in [3.05, 3.63) is 339 Å². The minimum atomic E-state index is -0.965. The Hall–Kier alpha value is -14.5. The van der Waals surface area contributed by atoms with Gasteiger partial charge in [-0.2, -0.15) is 0 Å². The minimum absolute atomic E-state index is 0. The summed E-state index contributed by atoms with van der Waals surface area (Å²) in [6, 6.07) is 56.6. The van der Waals surface area contributed by atoms with Crippen molar-refractivity contribution in [1.29, 1.82) is 0 Å². The van der Waals surface area contributed by atoms with Crippen molar-refractivity contribution in [2.45, 2.75) is 46.3 Å². The molecule has 0 unspecified atom stereocenters. The fourth-order valence-corrected chi connectivity index (χ4v) is 11.5. The van der Waals surface area contributed by atoms with Gasteiger partial charge in [0.25, 0.3) is 11.8 Å². The summed E-state index contributed by atoms with van der Waals surface area (Å²) in [7, 11) is 0. The van der Waals surface area contributed by atoms with Crippen LogP contribution in [0.25, 0.3) is 79.6 Å². The maximum atomic E-state index is 12.8. The zero-order valence-electron chi connectivity index (χ0n) is 55.1. The number of carbonyl (C=O) groups is 3. The molecule has 0 saturated carbocycles. The largest absolute Gasteiger partial charge is 0.478 e. The molecular weight excluding hydrogens is 1300 g/mol. The van der Waals surface area contributed by atoms with Gasteiger partial charge in [0.15, 0.2) is 0 Å². The van der Waals surface area contributed by atoms with Crippen LogP contribution < -0.4 is 33.6 Å². The van der Waals surface area contributed by atoms with Gasteiger partial charge in [-0.05, 0) is 175 Å². The Morgan fingerprint density at radius 1 is 0.356 bits per heavy atom. The minimum Gasteiger partial charge on any atom is -0.478 e. The maximum Gasteiger partial charge on any atom is 0.335 e. The van der Waals surface area contributed by atoms with E-state index >= 15 is 0 Å². The van der Waals surface area contributed by atoms with Gasteiger partial charge >= 0.3 is 5.97 Å². The summed E-state index contributed by atoms with van der Waals surface area (Å²) in [5.74, 6) is 0.262. The summed E-state index contributed by atoms with van der Waals surface area (Å²) < 4.78 is 0. The Bertz CT molecular complexity index is 5650. The molecule has 0 radical (unpaired) electrons. The smallest absolute Gasteiger partial charge is 0.335 e. The zero-order chi connectivity index (χ0) is 71.8. The Morgan fingerprint density at radius 2 is 0.663 bits per heavy atom. The van der Waals surface area contributed by atoms with E-state index in [0.717, 1.165) is 110 Å². The fraction of sp³-hybridized carbons (Fsp3) is 0.0854. The van der Waals surface area contributed by atoms with Crippen LogP contribution in [0.15, 0.2) is 238 Å². The standard InChI is InChI=1S/2C27H20N6O.C17H11N3O2.C10H11N3.CH4/c2*1-29-23-14-21-10-17(3-5-25(21)32-16-23)12-22-13-20(7-8-30-22)27(34)33-15-18-2-4-24-19(11-18)6-9-31-26(24)28;1-18-15-9-13-6-11(2-3-16(13)20-10-15)7-14-8-12(17(21)22)4-5-19-14;11-6-7-1-2-9-8(5-7)3-4-13-10(9)12;/h2*2-11,13-14,16H,12,15H2,(H2,28,31)(H,33,34);2-6,8-10H,7H2,(H,21,22);1-5H,6,11H2,(H2,12,13);1H4. The highest BCUT2D eigenvalue weighted by Crippen LogP contribution is 2.27. The van der Waals surface area contributed by atoms with Gasteiger partial charge in [-0.3, -0.25) is 39.5 Å². The van der Waals surface area contributed by atoms with Crippen LogP contribution >= 0.6 is 0 Å². The summed E-state index contributed by atoms with van der Waals surface area (Å²) in [5.41, 5.74) is 36.8. The third-order valence-electron chi connectivity index (χ3n) is 16.7. The Morgan fingerprint density at radius 3 is 1.01 bits per heavy atom. The average Bonchev–Trinajstić information content (AvgIpc) is 0.856. The maximum absolute atomic E-state index is 12.8. The predicted octanol–water partition coefficient (Wildman–Crippen LogP) is 15.0. The molecule has 0 saturated heterocycles. The number of carboxylic acid groups (broad SMARTS) is 1. The number of aromatic nitrogens is 9. The lowest BCUT2D eigenvalue weighted by molar-refractivity contribution is 0.0696. The van der Waals surface area contributed by atoms with Crippen molar-refractivity contribution in [3.63, 3.8) is 0 Å². The van der Waals surface area contributed by atoms with Gasteiger partial charge < -0.3 is 38.7 Å². The number of nitrogens with one attached hydrogen (secondary N) is 2. The first kappa shape index (κ1) is 70.8. The molecule has 0 spiro atoms. The third kappa shape index (κ3) is 17.7. The summed E-state index contributed by atoms with van der Waals surface area (Å²) in [5, 5.41) is 23.5. The van der Waals surface area contributed by atoms with E-state index in [4.69, 9.17) is 47.8 Å². The predicted molar refractivity (Wildman–Crippen MR) is 408 cm³/mol. The summed E-state index contributed by atoms with van der Waals surface area (Å²) >= 11 is 0. The van der Waals surface area contributed by atoms with E-state index in [-0.39, 0.29) is 24.8 Å². The van der Waals surface area contributed by atoms with Gasteiger partial charge in [-0.1, -0.05) is 80.2 Å². The topological polar surface area (TPSA) is 329 Å². The number of hydrogen-bond acceptors (Lipinski definition) is 16. The van der Waals surface area contributed by atoms with Gasteiger partial charge in [-0.15, -0.1) is 0 Å². The molecule has 22 heteroatoms. The highest BCUT2D eigenvalue weighted by molar-refractivity contribution is 5.97. The number of fused-ring (bicyclic) bond motifs is 6. The van der Waals surface area contributed by atoms with Crippen LogP contribution in [0.5, 0.6) is 0 Å². The number of nitrogens with zero attached hydrogens (tertiary/aromatic N) is 12. The second-order valence-electron chi connectivity index (χ2n) is 23.8. The average molecular weight is 1370 g/mol. The molecule has 9 heterocycles. The number of carbonyl (C=O) groups excluding carboxylic acids is 2. The molecule has 0 atom stereocenters. The van der Waals surface area contributed by atoms with E-state index in [9.17, 15) is 14.4 Å².